The normalized spacial score (nSPS) is 24.0. The number of amides is 3. The van der Waals surface area contributed by atoms with Gasteiger partial charge in [-0.15, -0.1) is 0 Å². The van der Waals surface area contributed by atoms with Crippen molar-refractivity contribution in [2.75, 3.05) is 39.5 Å². The van der Waals surface area contributed by atoms with E-state index in [4.69, 9.17) is 9.47 Å². The number of fused-ring (bicyclic) bond motifs is 5. The van der Waals surface area contributed by atoms with Crippen LogP contribution in [-0.2, 0) is 52.5 Å². The molecule has 7 unspecified atom stereocenters. The molecule has 5 aliphatic rings. The number of hydrogen-bond donors (Lipinski definition) is 0. The summed E-state index contributed by atoms with van der Waals surface area (Å²) in [5, 5.41) is 0. The third kappa shape index (κ3) is 13.9. The van der Waals surface area contributed by atoms with Gasteiger partial charge in [0.25, 0.3) is 17.7 Å². The predicted octanol–water partition coefficient (Wildman–Crippen LogP) is 6.23. The van der Waals surface area contributed by atoms with E-state index in [1.54, 1.807) is 30.9 Å². The Bertz CT molecular complexity index is 1630. The molecule has 3 fully saturated rings. The maximum Gasteiger partial charge on any atom is 0.333 e. The molecule has 59 heavy (non-hydrogen) atoms. The molecular formula is C46H62N2O11. The topological polar surface area (TPSA) is 163 Å². The van der Waals surface area contributed by atoms with E-state index in [1.165, 1.54) is 54.9 Å². The first-order valence-corrected chi connectivity index (χ1v) is 20.3. The van der Waals surface area contributed by atoms with Crippen LogP contribution < -0.4 is 0 Å². The molecule has 13 nitrogen and oxygen atoms in total. The van der Waals surface area contributed by atoms with E-state index in [0.29, 0.717) is 67.0 Å². The highest BCUT2D eigenvalue weighted by atomic mass is 16.6. The third-order valence-corrected chi connectivity index (χ3v) is 11.6. The SMILES string of the molecule is C=C(C)C(=O)OCCOC(=O)C(=C)C.C=C1C=CC(=O)N1CC(C)(C)CC(C)CCN1C(=O)C=CC1=O.C=CC(=O)OCC1C(COC(=O)C=C)C2CC1C1CCCC12. The van der Waals surface area contributed by atoms with E-state index in [-0.39, 0.29) is 48.3 Å². The van der Waals surface area contributed by atoms with Crippen molar-refractivity contribution in [3.63, 3.8) is 0 Å². The summed E-state index contributed by atoms with van der Waals surface area (Å²) in [6.07, 6.45) is 15.1. The number of rotatable bonds is 18. The molecule has 0 spiro atoms. The summed E-state index contributed by atoms with van der Waals surface area (Å²) in [5.41, 5.74) is 1.30. The van der Waals surface area contributed by atoms with Gasteiger partial charge in [0.1, 0.15) is 13.2 Å². The van der Waals surface area contributed by atoms with Crippen molar-refractivity contribution in [1.82, 2.24) is 9.80 Å². The van der Waals surface area contributed by atoms with Gasteiger partial charge in [-0.05, 0) is 87.0 Å². The molecule has 7 atom stereocenters. The van der Waals surface area contributed by atoms with Crippen LogP contribution in [0.5, 0.6) is 0 Å². The molecule has 5 rings (SSSR count). The molecule has 3 aliphatic carbocycles. The molecule has 3 saturated carbocycles. The van der Waals surface area contributed by atoms with E-state index >= 15 is 0 Å². The zero-order valence-electron chi connectivity index (χ0n) is 35.4. The Hall–Kier alpha value is -5.33. The molecular weight excluding hydrogens is 757 g/mol. The third-order valence-electron chi connectivity index (χ3n) is 11.6. The molecule has 3 amide bonds. The number of carbonyl (C=O) groups is 7. The number of nitrogens with zero attached hydrogens (tertiary/aromatic N) is 2. The van der Waals surface area contributed by atoms with Gasteiger partial charge in [0, 0.05) is 72.1 Å². The molecule has 0 saturated heterocycles. The number of imide groups is 1. The van der Waals surface area contributed by atoms with Crippen molar-refractivity contribution in [3.8, 4) is 0 Å². The lowest BCUT2D eigenvalue weighted by molar-refractivity contribution is -0.147. The minimum Gasteiger partial charge on any atom is -0.462 e. The molecule has 0 aromatic carbocycles. The molecule has 322 valence electrons. The van der Waals surface area contributed by atoms with Crippen LogP contribution in [0.3, 0.4) is 0 Å². The van der Waals surface area contributed by atoms with Crippen LogP contribution >= 0.6 is 0 Å². The fourth-order valence-electron chi connectivity index (χ4n) is 9.06. The van der Waals surface area contributed by atoms with Gasteiger partial charge in [-0.3, -0.25) is 19.3 Å². The largest absolute Gasteiger partial charge is 0.462 e. The van der Waals surface area contributed by atoms with Gasteiger partial charge in [0.05, 0.1) is 13.2 Å². The molecule has 2 aliphatic heterocycles. The maximum atomic E-state index is 11.8. The van der Waals surface area contributed by atoms with E-state index in [1.807, 2.05) is 0 Å². The standard InChI is InChI=1S/C18H24N2O3.C18H24O4.C10H14O4/c1-13(9-10-19-15(21)7-8-16(19)22)11-18(3,4)12-20-14(2)5-6-17(20)23;1-3-17(19)21-9-15-13-8-14(12-7-5-6-11(12)13)16(15)10-22-18(20)4-2;1-7(2)9(11)13-5-6-14-10(12)8(3)4/h5-8,13H,2,9-12H2,1,3-4H3;3-4,11-16H,1-2,5-10H2;1,3,5-6H2,2,4H3. The van der Waals surface area contributed by atoms with Gasteiger partial charge in [-0.1, -0.05) is 60.1 Å². The molecule has 13 heteroatoms. The van der Waals surface area contributed by atoms with Gasteiger partial charge >= 0.3 is 23.9 Å². The Balaban J connectivity index is 0.000000245. The number of hydrogen-bond acceptors (Lipinski definition) is 11. The van der Waals surface area contributed by atoms with Crippen molar-refractivity contribution in [1.29, 1.82) is 0 Å². The first-order chi connectivity index (χ1) is 27.8. The minimum absolute atomic E-state index is 0.0185. The Labute approximate surface area is 348 Å². The van der Waals surface area contributed by atoms with Gasteiger partial charge in [-0.25, -0.2) is 19.2 Å². The second kappa shape index (κ2) is 22.2. The van der Waals surface area contributed by atoms with Crippen molar-refractivity contribution >= 4 is 41.6 Å². The first-order valence-electron chi connectivity index (χ1n) is 20.3. The fourth-order valence-corrected chi connectivity index (χ4v) is 9.06. The van der Waals surface area contributed by atoms with Crippen molar-refractivity contribution in [2.24, 2.45) is 46.8 Å². The van der Waals surface area contributed by atoms with E-state index < -0.39 is 11.9 Å². The molecule has 0 N–H and O–H groups in total. The summed E-state index contributed by atoms with van der Waals surface area (Å²) in [6, 6.07) is 0. The van der Waals surface area contributed by atoms with Crippen molar-refractivity contribution in [2.45, 2.75) is 73.1 Å². The van der Waals surface area contributed by atoms with E-state index in [2.05, 4.69) is 63.1 Å². The van der Waals surface area contributed by atoms with Crippen LogP contribution in [0.25, 0.3) is 0 Å². The average Bonchev–Trinajstić information content (AvgIpc) is 4.01. The summed E-state index contributed by atoms with van der Waals surface area (Å²) < 4.78 is 20.0. The maximum absolute atomic E-state index is 11.8. The number of allylic oxidation sites excluding steroid dienone is 1. The second-order valence-corrected chi connectivity index (χ2v) is 16.8. The summed E-state index contributed by atoms with van der Waals surface area (Å²) in [5.74, 6) is 1.56. The Morgan fingerprint density at radius 2 is 1.19 bits per heavy atom. The summed E-state index contributed by atoms with van der Waals surface area (Å²) in [6.45, 7) is 29.0. The predicted molar refractivity (Wildman–Crippen MR) is 221 cm³/mol. The monoisotopic (exact) mass is 818 g/mol. The van der Waals surface area contributed by atoms with Crippen LogP contribution in [0, 0.1) is 46.8 Å². The van der Waals surface area contributed by atoms with Crippen LogP contribution in [0.15, 0.2) is 86.2 Å². The van der Waals surface area contributed by atoms with Crippen molar-refractivity contribution < 1.29 is 52.5 Å². The second-order valence-electron chi connectivity index (χ2n) is 16.8. The highest BCUT2D eigenvalue weighted by Gasteiger charge is 2.59. The number of ether oxygens (including phenoxy) is 4. The molecule has 2 bridgehead atoms. The molecule has 0 aromatic heterocycles. The van der Waals surface area contributed by atoms with Gasteiger partial charge in [-0.2, -0.15) is 0 Å². The lowest BCUT2D eigenvalue weighted by atomic mass is 9.70. The van der Waals surface area contributed by atoms with Crippen LogP contribution in [0.1, 0.15) is 73.1 Å². The molecule has 0 radical (unpaired) electrons. The van der Waals surface area contributed by atoms with Gasteiger partial charge < -0.3 is 23.8 Å². The zero-order chi connectivity index (χ0) is 44.0. The highest BCUT2D eigenvalue weighted by molar-refractivity contribution is 6.12. The number of carbonyl (C=O) groups excluding carboxylic acids is 7. The minimum atomic E-state index is -0.489. The Morgan fingerprint density at radius 3 is 1.59 bits per heavy atom. The smallest absolute Gasteiger partial charge is 0.333 e. The van der Waals surface area contributed by atoms with E-state index in [0.717, 1.165) is 30.4 Å². The lowest BCUT2D eigenvalue weighted by Gasteiger charge is -2.37. The zero-order valence-corrected chi connectivity index (χ0v) is 35.4. The van der Waals surface area contributed by atoms with Crippen LogP contribution in [0.2, 0.25) is 0 Å². The molecule has 2 heterocycles. The van der Waals surface area contributed by atoms with Crippen LogP contribution in [-0.4, -0.2) is 90.9 Å². The van der Waals surface area contributed by atoms with Gasteiger partial charge in [0.15, 0.2) is 0 Å². The Kier molecular flexibility index (Phi) is 18.0. The summed E-state index contributed by atoms with van der Waals surface area (Å²) in [4.78, 5) is 82.3. The Morgan fingerprint density at radius 1 is 0.746 bits per heavy atom. The van der Waals surface area contributed by atoms with Crippen LogP contribution in [0.4, 0.5) is 0 Å². The fraction of sp³-hybridized carbons (Fsp3) is 0.543. The summed E-state index contributed by atoms with van der Waals surface area (Å²) in [7, 11) is 0. The first kappa shape index (κ1) is 48.0. The quantitative estimate of drug-likeness (QED) is 0.0507. The highest BCUT2D eigenvalue weighted by Crippen LogP contribution is 2.63. The van der Waals surface area contributed by atoms with E-state index in [9.17, 15) is 33.6 Å². The molecule has 0 aromatic rings. The average molecular weight is 819 g/mol. The number of esters is 4. The van der Waals surface area contributed by atoms with Gasteiger partial charge in [0.2, 0.25) is 0 Å². The lowest BCUT2D eigenvalue weighted by Crippen LogP contribution is -2.38. The summed E-state index contributed by atoms with van der Waals surface area (Å²) >= 11 is 0. The van der Waals surface area contributed by atoms with Crippen molar-refractivity contribution in [3.05, 3.63) is 86.2 Å².